The first-order valence-corrected chi connectivity index (χ1v) is 0.816. The predicted molar refractivity (Wildman–Crippen MR) is 31.8 cm³/mol. The summed E-state index contributed by atoms with van der Waals surface area (Å²) in [5.41, 5.74) is 0. The average Bonchev–Trinajstić information content (AvgIpc) is 0.918. The fraction of sp³-hybridized carbons (Fsp3) is 1.00. The molecular formula is C2H9BrOPb. The van der Waals surface area contributed by atoms with Gasteiger partial charge >= 0.3 is 27.3 Å². The second kappa shape index (κ2) is 18.3. The first-order valence-electron chi connectivity index (χ1n) is 0.816. The molecule has 0 aromatic heterocycles. The van der Waals surface area contributed by atoms with Crippen LogP contribution in [0.5, 0.6) is 0 Å². The van der Waals surface area contributed by atoms with Gasteiger partial charge in [0, 0.05) is 14.2 Å². The van der Waals surface area contributed by atoms with Gasteiger partial charge in [-0.1, -0.05) is 0 Å². The number of methoxy groups -OCH3 is 1. The van der Waals surface area contributed by atoms with E-state index in [9.17, 15) is 0 Å². The molecule has 0 aliphatic heterocycles. The fourth-order valence-corrected chi connectivity index (χ4v) is 0. The Bertz CT molecular complexity index is 9.61. The molecule has 0 spiro atoms. The van der Waals surface area contributed by atoms with E-state index in [0.717, 1.165) is 0 Å². The molecule has 0 aromatic rings. The van der Waals surface area contributed by atoms with Crippen molar-refractivity contribution in [3.8, 4) is 0 Å². The zero-order valence-electron chi connectivity index (χ0n) is 3.52. The van der Waals surface area contributed by atoms with Crippen molar-refractivity contribution in [2.75, 3.05) is 14.2 Å². The number of hydrogen-bond acceptors (Lipinski definition) is 1. The van der Waals surface area contributed by atoms with Gasteiger partial charge < -0.3 is 4.74 Å². The summed E-state index contributed by atoms with van der Waals surface area (Å²) < 4.78 is 4.25. The van der Waals surface area contributed by atoms with Crippen LogP contribution in [0.2, 0.25) is 0 Å². The van der Waals surface area contributed by atoms with E-state index in [1.165, 1.54) is 0 Å². The molecule has 0 aromatic carbocycles. The molecule has 0 fully saturated rings. The van der Waals surface area contributed by atoms with Crippen LogP contribution in [-0.2, 0) is 4.74 Å². The summed E-state index contributed by atoms with van der Waals surface area (Å²) in [5.74, 6) is 0. The Morgan fingerprint density at radius 2 is 1.20 bits per heavy atom. The SMILES string of the molecule is Br.COC.[PbH2]. The zero-order valence-corrected chi connectivity index (χ0v) is 10.7. The van der Waals surface area contributed by atoms with Crippen molar-refractivity contribution in [1.82, 2.24) is 0 Å². The van der Waals surface area contributed by atoms with E-state index in [4.69, 9.17) is 0 Å². The number of hydrogen-bond donors (Lipinski definition) is 0. The van der Waals surface area contributed by atoms with Gasteiger partial charge in [-0.15, -0.1) is 17.0 Å². The molecular weight excluding hydrogens is 327 g/mol. The van der Waals surface area contributed by atoms with E-state index in [1.807, 2.05) is 0 Å². The molecule has 5 heavy (non-hydrogen) atoms. The monoisotopic (exact) mass is 336 g/mol. The van der Waals surface area contributed by atoms with Crippen molar-refractivity contribution in [3.63, 3.8) is 0 Å². The molecule has 0 saturated heterocycles. The number of halogens is 1. The molecule has 0 bridgehead atoms. The van der Waals surface area contributed by atoms with Crippen molar-refractivity contribution in [1.29, 1.82) is 0 Å². The summed E-state index contributed by atoms with van der Waals surface area (Å²) in [4.78, 5) is 0. The number of rotatable bonds is 0. The van der Waals surface area contributed by atoms with Crippen LogP contribution in [0.4, 0.5) is 0 Å². The summed E-state index contributed by atoms with van der Waals surface area (Å²) in [5, 5.41) is 0. The Morgan fingerprint density at radius 3 is 1.20 bits per heavy atom. The maximum atomic E-state index is 4.25. The molecule has 0 amide bonds. The molecule has 0 atom stereocenters. The molecule has 0 saturated carbocycles. The van der Waals surface area contributed by atoms with Crippen LogP contribution >= 0.6 is 17.0 Å². The van der Waals surface area contributed by atoms with Gasteiger partial charge in [0.2, 0.25) is 0 Å². The Balaban J connectivity index is -0.0000000200. The van der Waals surface area contributed by atoms with Gasteiger partial charge in [-0.25, -0.2) is 0 Å². The summed E-state index contributed by atoms with van der Waals surface area (Å²) in [7, 11) is 3.25. The molecule has 0 N–H and O–H groups in total. The van der Waals surface area contributed by atoms with Crippen molar-refractivity contribution in [2.24, 2.45) is 0 Å². The Hall–Kier alpha value is 1.36. The van der Waals surface area contributed by atoms with Crippen molar-refractivity contribution < 1.29 is 4.74 Å². The van der Waals surface area contributed by atoms with Crippen molar-refractivity contribution >= 4 is 44.3 Å². The summed E-state index contributed by atoms with van der Waals surface area (Å²) >= 11 is 0. The van der Waals surface area contributed by atoms with E-state index in [-0.39, 0.29) is 44.3 Å². The topological polar surface area (TPSA) is 9.23 Å². The van der Waals surface area contributed by atoms with E-state index in [1.54, 1.807) is 14.2 Å². The van der Waals surface area contributed by atoms with Crippen LogP contribution in [-0.4, -0.2) is 41.5 Å². The fourth-order valence-electron chi connectivity index (χ4n) is 0. The quantitative estimate of drug-likeness (QED) is 0.563. The van der Waals surface area contributed by atoms with Gasteiger partial charge in [0.15, 0.2) is 0 Å². The number of ether oxygens (including phenoxy) is 1. The van der Waals surface area contributed by atoms with E-state index in [0.29, 0.717) is 0 Å². The summed E-state index contributed by atoms with van der Waals surface area (Å²) in [6.07, 6.45) is 0. The Kier molecular flexibility index (Phi) is 59.2. The average molecular weight is 336 g/mol. The van der Waals surface area contributed by atoms with E-state index < -0.39 is 0 Å². The van der Waals surface area contributed by atoms with E-state index >= 15 is 0 Å². The van der Waals surface area contributed by atoms with Crippen LogP contribution in [0.1, 0.15) is 0 Å². The first kappa shape index (κ1) is 16.2. The predicted octanol–water partition coefficient (Wildman–Crippen LogP) is -0.0757. The molecule has 0 aliphatic rings. The van der Waals surface area contributed by atoms with Crippen LogP contribution in [0.15, 0.2) is 0 Å². The van der Waals surface area contributed by atoms with Crippen LogP contribution in [0, 0.1) is 0 Å². The summed E-state index contributed by atoms with van der Waals surface area (Å²) in [6, 6.07) is 0. The van der Waals surface area contributed by atoms with Gasteiger partial charge in [0.05, 0.1) is 0 Å². The van der Waals surface area contributed by atoms with Crippen LogP contribution in [0.3, 0.4) is 0 Å². The van der Waals surface area contributed by atoms with Crippen molar-refractivity contribution in [2.45, 2.75) is 0 Å². The maximum absolute atomic E-state index is 4.25. The molecule has 1 nitrogen and oxygen atoms in total. The second-order valence-electron chi connectivity index (χ2n) is 0.408. The summed E-state index contributed by atoms with van der Waals surface area (Å²) in [6.45, 7) is 0. The molecule has 0 rings (SSSR count). The minimum absolute atomic E-state index is 0. The Labute approximate surface area is 63.0 Å². The zero-order chi connectivity index (χ0) is 2.71. The third-order valence-corrected chi connectivity index (χ3v) is 0. The van der Waals surface area contributed by atoms with Crippen molar-refractivity contribution in [3.05, 3.63) is 0 Å². The van der Waals surface area contributed by atoms with Gasteiger partial charge in [0.1, 0.15) is 0 Å². The van der Waals surface area contributed by atoms with Gasteiger partial charge in [-0.3, -0.25) is 0 Å². The Morgan fingerprint density at radius 1 is 1.20 bits per heavy atom. The van der Waals surface area contributed by atoms with Crippen LogP contribution < -0.4 is 0 Å². The van der Waals surface area contributed by atoms with Gasteiger partial charge in [-0.2, -0.15) is 0 Å². The second-order valence-corrected chi connectivity index (χ2v) is 0.408. The molecule has 0 heterocycles. The third-order valence-electron chi connectivity index (χ3n) is 0. The molecule has 34 valence electrons. The van der Waals surface area contributed by atoms with Gasteiger partial charge in [0.25, 0.3) is 0 Å². The van der Waals surface area contributed by atoms with Gasteiger partial charge in [-0.05, 0) is 0 Å². The minimum atomic E-state index is 0. The van der Waals surface area contributed by atoms with Crippen LogP contribution in [0.25, 0.3) is 0 Å². The standard InChI is InChI=1S/C2H6O.BrH.Pb.2H/c1-3-2;;;;/h1-2H3;1H;;;. The molecule has 0 unspecified atom stereocenters. The molecule has 2 radical (unpaired) electrons. The molecule has 3 heteroatoms. The first-order chi connectivity index (χ1) is 1.41. The third kappa shape index (κ3) is 32.7. The molecule has 0 aliphatic carbocycles. The normalized spacial score (nSPS) is 3.60. The van der Waals surface area contributed by atoms with E-state index in [2.05, 4.69) is 4.74 Å².